The van der Waals surface area contributed by atoms with Gasteiger partial charge < -0.3 is 10.4 Å². The number of halogens is 2. The Labute approximate surface area is 136 Å². The van der Waals surface area contributed by atoms with Gasteiger partial charge in [-0.2, -0.15) is 0 Å². The summed E-state index contributed by atoms with van der Waals surface area (Å²) in [5.74, 6) is -1.00. The first-order valence-electron chi connectivity index (χ1n) is 7.43. The predicted octanol–water partition coefficient (Wildman–Crippen LogP) is 3.77. The number of rotatable bonds is 2. The van der Waals surface area contributed by atoms with E-state index in [0.29, 0.717) is 16.3 Å². The molecule has 0 bridgehead atoms. The van der Waals surface area contributed by atoms with Gasteiger partial charge in [-0.25, -0.2) is 4.39 Å². The Balaban J connectivity index is 1.92. The van der Waals surface area contributed by atoms with E-state index >= 15 is 0 Å². The quantitative estimate of drug-likeness (QED) is 0.850. The largest absolute Gasteiger partial charge is 0.391 e. The van der Waals surface area contributed by atoms with Crippen molar-refractivity contribution >= 4 is 32.6 Å². The summed E-state index contributed by atoms with van der Waals surface area (Å²) in [5.41, 5.74) is 0.00310. The summed E-state index contributed by atoms with van der Waals surface area (Å²) < 4.78 is 15.3. The average Bonchev–Trinajstić information content (AvgIpc) is 2.53. The van der Waals surface area contributed by atoms with Gasteiger partial charge in [0.1, 0.15) is 5.82 Å². The Bertz CT molecular complexity index is 719. The molecular weight excluding hydrogens is 349 g/mol. The van der Waals surface area contributed by atoms with Gasteiger partial charge in [0.15, 0.2) is 0 Å². The zero-order valence-electron chi connectivity index (χ0n) is 12.0. The van der Waals surface area contributed by atoms with Crippen molar-refractivity contribution in [2.24, 2.45) is 0 Å². The van der Waals surface area contributed by atoms with Crippen molar-refractivity contribution in [3.63, 3.8) is 0 Å². The molecule has 0 spiro atoms. The molecule has 116 valence electrons. The highest BCUT2D eigenvalue weighted by Gasteiger charge is 2.26. The van der Waals surface area contributed by atoms with Crippen LogP contribution in [0.5, 0.6) is 0 Å². The van der Waals surface area contributed by atoms with Crippen LogP contribution in [-0.4, -0.2) is 23.2 Å². The molecule has 22 heavy (non-hydrogen) atoms. The molecule has 1 fully saturated rings. The molecule has 2 N–H and O–H groups in total. The lowest BCUT2D eigenvalue weighted by atomic mass is 9.92. The highest BCUT2D eigenvalue weighted by Crippen LogP contribution is 2.29. The number of benzene rings is 2. The maximum Gasteiger partial charge on any atom is 0.254 e. The van der Waals surface area contributed by atoms with E-state index in [1.807, 2.05) is 6.07 Å². The number of aliphatic hydroxyl groups excluding tert-OH is 1. The fourth-order valence-corrected chi connectivity index (χ4v) is 3.56. The van der Waals surface area contributed by atoms with E-state index in [9.17, 15) is 14.3 Å². The van der Waals surface area contributed by atoms with Gasteiger partial charge in [-0.1, -0.05) is 53.0 Å². The molecule has 1 saturated carbocycles. The molecule has 2 aromatic rings. The smallest absolute Gasteiger partial charge is 0.254 e. The number of aliphatic hydroxyl groups is 1. The zero-order valence-corrected chi connectivity index (χ0v) is 13.6. The molecule has 1 aliphatic rings. The number of amides is 1. The average molecular weight is 366 g/mol. The summed E-state index contributed by atoms with van der Waals surface area (Å²) in [6.45, 7) is 0. The van der Waals surface area contributed by atoms with Crippen molar-refractivity contribution in [2.75, 3.05) is 0 Å². The van der Waals surface area contributed by atoms with Gasteiger partial charge in [-0.05, 0) is 24.3 Å². The Hall–Kier alpha value is -1.46. The normalized spacial score (nSPS) is 21.8. The topological polar surface area (TPSA) is 49.3 Å². The van der Waals surface area contributed by atoms with Crippen LogP contribution in [-0.2, 0) is 0 Å². The summed E-state index contributed by atoms with van der Waals surface area (Å²) in [4.78, 5) is 12.4. The van der Waals surface area contributed by atoms with Crippen LogP contribution in [0.4, 0.5) is 4.39 Å². The lowest BCUT2D eigenvalue weighted by molar-refractivity contribution is 0.0714. The van der Waals surface area contributed by atoms with E-state index in [1.54, 1.807) is 18.2 Å². The zero-order chi connectivity index (χ0) is 15.7. The van der Waals surface area contributed by atoms with E-state index in [1.165, 1.54) is 6.07 Å². The maximum absolute atomic E-state index is 14.6. The van der Waals surface area contributed by atoms with Crippen LogP contribution in [0.15, 0.2) is 34.8 Å². The van der Waals surface area contributed by atoms with Crippen molar-refractivity contribution in [1.82, 2.24) is 5.32 Å². The van der Waals surface area contributed by atoms with Gasteiger partial charge in [-0.3, -0.25) is 4.79 Å². The standard InChI is InChI=1S/C17H17BrFNO2/c18-13-9-12(16(19)11-6-2-1-5-10(11)13)17(22)20-14-7-3-4-8-15(14)21/h1-2,5-6,9,14-15,21H,3-4,7-8H2,(H,20,22)/t14-,15-/m0/s1. The van der Waals surface area contributed by atoms with E-state index in [4.69, 9.17) is 0 Å². The molecule has 0 aliphatic heterocycles. The van der Waals surface area contributed by atoms with Gasteiger partial charge in [0.2, 0.25) is 0 Å². The highest BCUT2D eigenvalue weighted by molar-refractivity contribution is 9.10. The van der Waals surface area contributed by atoms with E-state index in [2.05, 4.69) is 21.2 Å². The lowest BCUT2D eigenvalue weighted by Gasteiger charge is -2.28. The van der Waals surface area contributed by atoms with Crippen LogP contribution in [0.3, 0.4) is 0 Å². The molecule has 2 atom stereocenters. The summed E-state index contributed by atoms with van der Waals surface area (Å²) in [6, 6.07) is 8.22. The van der Waals surface area contributed by atoms with E-state index in [0.717, 1.165) is 24.6 Å². The van der Waals surface area contributed by atoms with Gasteiger partial charge in [0.05, 0.1) is 17.7 Å². The lowest BCUT2D eigenvalue weighted by Crippen LogP contribution is -2.45. The minimum absolute atomic E-state index is 0.00310. The van der Waals surface area contributed by atoms with E-state index < -0.39 is 17.8 Å². The molecule has 1 amide bonds. The second-order valence-electron chi connectivity index (χ2n) is 5.70. The van der Waals surface area contributed by atoms with Crippen molar-refractivity contribution in [3.05, 3.63) is 46.2 Å². The first kappa shape index (κ1) is 15.4. The third-order valence-electron chi connectivity index (χ3n) is 4.22. The summed E-state index contributed by atoms with van der Waals surface area (Å²) >= 11 is 3.39. The number of hydrogen-bond donors (Lipinski definition) is 2. The van der Waals surface area contributed by atoms with Crippen molar-refractivity contribution in [2.45, 2.75) is 37.8 Å². The molecule has 2 aromatic carbocycles. The number of carbonyl (C=O) groups is 1. The van der Waals surface area contributed by atoms with Gasteiger partial charge >= 0.3 is 0 Å². The molecule has 0 aromatic heterocycles. The molecule has 3 nitrogen and oxygen atoms in total. The number of carbonyl (C=O) groups excluding carboxylic acids is 1. The van der Waals surface area contributed by atoms with Crippen LogP contribution in [0.1, 0.15) is 36.0 Å². The van der Waals surface area contributed by atoms with Crippen LogP contribution in [0.25, 0.3) is 10.8 Å². The maximum atomic E-state index is 14.6. The molecule has 0 radical (unpaired) electrons. The number of fused-ring (bicyclic) bond motifs is 1. The van der Waals surface area contributed by atoms with Crippen LogP contribution in [0.2, 0.25) is 0 Å². The van der Waals surface area contributed by atoms with Crippen molar-refractivity contribution in [3.8, 4) is 0 Å². The van der Waals surface area contributed by atoms with Crippen molar-refractivity contribution < 1.29 is 14.3 Å². The Morgan fingerprint density at radius 2 is 1.91 bits per heavy atom. The summed E-state index contributed by atoms with van der Waals surface area (Å²) in [5, 5.41) is 13.8. The fraction of sp³-hybridized carbons (Fsp3) is 0.353. The molecule has 1 aliphatic carbocycles. The number of nitrogens with one attached hydrogen (secondary N) is 1. The van der Waals surface area contributed by atoms with Crippen LogP contribution < -0.4 is 5.32 Å². The third-order valence-corrected chi connectivity index (χ3v) is 4.88. The number of hydrogen-bond acceptors (Lipinski definition) is 2. The molecule has 0 unspecified atom stereocenters. The summed E-state index contributed by atoms with van der Waals surface area (Å²) in [6.07, 6.45) is 2.78. The first-order chi connectivity index (χ1) is 10.6. The molecular formula is C17H17BrFNO2. The molecule has 3 rings (SSSR count). The van der Waals surface area contributed by atoms with E-state index in [-0.39, 0.29) is 11.6 Å². The minimum atomic E-state index is -0.551. The molecule has 0 heterocycles. The second-order valence-corrected chi connectivity index (χ2v) is 6.55. The van der Waals surface area contributed by atoms with Gasteiger partial charge in [0.25, 0.3) is 5.91 Å². The second kappa shape index (κ2) is 6.34. The summed E-state index contributed by atoms with van der Waals surface area (Å²) in [7, 11) is 0. The highest BCUT2D eigenvalue weighted by atomic mass is 79.9. The molecule has 5 heteroatoms. The van der Waals surface area contributed by atoms with Crippen molar-refractivity contribution in [1.29, 1.82) is 0 Å². The third kappa shape index (κ3) is 2.88. The van der Waals surface area contributed by atoms with Crippen LogP contribution in [0, 0.1) is 5.82 Å². The Morgan fingerprint density at radius 3 is 2.64 bits per heavy atom. The SMILES string of the molecule is O=C(N[C@H]1CCCC[C@@H]1O)c1cc(Br)c2ccccc2c1F. The first-order valence-corrected chi connectivity index (χ1v) is 8.23. The Kier molecular flexibility index (Phi) is 4.45. The molecule has 0 saturated heterocycles. The monoisotopic (exact) mass is 365 g/mol. The van der Waals surface area contributed by atoms with Gasteiger partial charge in [0, 0.05) is 9.86 Å². The van der Waals surface area contributed by atoms with Gasteiger partial charge in [-0.15, -0.1) is 0 Å². The fourth-order valence-electron chi connectivity index (χ4n) is 2.99. The predicted molar refractivity (Wildman–Crippen MR) is 87.3 cm³/mol. The van der Waals surface area contributed by atoms with Crippen LogP contribution >= 0.6 is 15.9 Å². The minimum Gasteiger partial charge on any atom is -0.391 e. The Morgan fingerprint density at radius 1 is 1.23 bits per heavy atom.